The van der Waals surface area contributed by atoms with E-state index < -0.39 is 0 Å². The number of carbonyl (C=O) groups excluding carboxylic acids is 2. The molecule has 0 atom stereocenters. The molecule has 30 heavy (non-hydrogen) atoms. The van der Waals surface area contributed by atoms with E-state index in [-0.39, 0.29) is 25.0 Å². The fraction of sp³-hybridized carbons (Fsp3) is 0.348. The molecule has 0 bridgehead atoms. The van der Waals surface area contributed by atoms with Crippen molar-refractivity contribution in [2.24, 2.45) is 0 Å². The molecule has 0 saturated carbocycles. The van der Waals surface area contributed by atoms with Crippen molar-refractivity contribution in [3.63, 3.8) is 0 Å². The number of amides is 2. The fourth-order valence-electron chi connectivity index (χ4n) is 3.70. The van der Waals surface area contributed by atoms with E-state index in [0.29, 0.717) is 17.1 Å². The van der Waals surface area contributed by atoms with Crippen LogP contribution in [-0.4, -0.2) is 41.5 Å². The Morgan fingerprint density at radius 3 is 2.50 bits per heavy atom. The molecule has 7 nitrogen and oxygen atoms in total. The van der Waals surface area contributed by atoms with Crippen molar-refractivity contribution < 1.29 is 18.8 Å². The van der Waals surface area contributed by atoms with Gasteiger partial charge in [0.25, 0.3) is 5.91 Å². The average molecular weight is 407 g/mol. The molecule has 0 spiro atoms. The Kier molecular flexibility index (Phi) is 5.70. The second-order valence-electron chi connectivity index (χ2n) is 7.56. The molecule has 1 saturated heterocycles. The Labute approximate surface area is 175 Å². The number of aryl methyl sites for hydroxylation is 2. The molecule has 1 aliphatic heterocycles. The minimum atomic E-state index is -0.331. The predicted molar refractivity (Wildman–Crippen MR) is 112 cm³/mol. The van der Waals surface area contributed by atoms with E-state index in [2.05, 4.69) is 10.5 Å². The first-order valence-corrected chi connectivity index (χ1v) is 10.2. The number of likely N-dealkylation sites (tertiary alicyclic amines) is 1. The van der Waals surface area contributed by atoms with Crippen molar-refractivity contribution in [1.82, 2.24) is 15.4 Å². The third-order valence-electron chi connectivity index (χ3n) is 5.50. The highest BCUT2D eigenvalue weighted by Crippen LogP contribution is 2.28. The number of hydrogen-bond acceptors (Lipinski definition) is 5. The summed E-state index contributed by atoms with van der Waals surface area (Å²) in [6.45, 7) is 5.43. The van der Waals surface area contributed by atoms with Crippen LogP contribution >= 0.6 is 0 Å². The quantitative estimate of drug-likeness (QED) is 0.677. The molecule has 1 N–H and O–H groups in total. The lowest BCUT2D eigenvalue weighted by Gasteiger charge is -2.16. The first-order chi connectivity index (χ1) is 14.5. The number of carbonyl (C=O) groups is 2. The first kappa shape index (κ1) is 19.9. The number of benzene rings is 2. The van der Waals surface area contributed by atoms with Crippen LogP contribution in [0.25, 0.3) is 10.8 Å². The van der Waals surface area contributed by atoms with Crippen LogP contribution in [0, 0.1) is 13.8 Å². The van der Waals surface area contributed by atoms with E-state index in [1.165, 1.54) is 0 Å². The van der Waals surface area contributed by atoms with Crippen molar-refractivity contribution in [1.29, 1.82) is 0 Å². The second kappa shape index (κ2) is 8.57. The van der Waals surface area contributed by atoms with Gasteiger partial charge in [-0.1, -0.05) is 29.4 Å². The zero-order chi connectivity index (χ0) is 21.1. The van der Waals surface area contributed by atoms with Gasteiger partial charge >= 0.3 is 0 Å². The molecule has 1 aliphatic rings. The van der Waals surface area contributed by atoms with Gasteiger partial charge in [0.05, 0.1) is 23.4 Å². The monoisotopic (exact) mass is 407 g/mol. The molecule has 2 amide bonds. The van der Waals surface area contributed by atoms with Gasteiger partial charge in [-0.15, -0.1) is 0 Å². The Balaban J connectivity index is 1.55. The van der Waals surface area contributed by atoms with Gasteiger partial charge in [-0.2, -0.15) is 0 Å². The summed E-state index contributed by atoms with van der Waals surface area (Å²) in [5.41, 5.74) is 2.02. The highest BCUT2D eigenvalue weighted by Gasteiger charge is 2.20. The van der Waals surface area contributed by atoms with E-state index in [9.17, 15) is 9.59 Å². The normalized spacial score (nSPS) is 13.6. The maximum absolute atomic E-state index is 12.9. The molecule has 7 heteroatoms. The summed E-state index contributed by atoms with van der Waals surface area (Å²) in [6, 6.07) is 11.4. The fourth-order valence-corrected chi connectivity index (χ4v) is 3.70. The van der Waals surface area contributed by atoms with Crippen molar-refractivity contribution in [3.05, 3.63) is 59.0 Å². The topological polar surface area (TPSA) is 84.7 Å². The van der Waals surface area contributed by atoms with Gasteiger partial charge in [-0.05, 0) is 49.6 Å². The lowest BCUT2D eigenvalue weighted by Crippen LogP contribution is -2.38. The predicted octanol–water partition coefficient (Wildman–Crippen LogP) is 3.38. The molecular weight excluding hydrogens is 382 g/mol. The molecule has 1 fully saturated rings. The Bertz CT molecular complexity index is 1060. The van der Waals surface area contributed by atoms with Crippen LogP contribution < -0.4 is 10.1 Å². The van der Waals surface area contributed by atoms with Crippen LogP contribution in [-0.2, 0) is 11.4 Å². The third kappa shape index (κ3) is 4.15. The zero-order valence-electron chi connectivity index (χ0n) is 17.2. The number of aromatic nitrogens is 1. The third-order valence-corrected chi connectivity index (χ3v) is 5.50. The summed E-state index contributed by atoms with van der Waals surface area (Å²) in [5.74, 6) is 0.761. The molecule has 156 valence electrons. The molecule has 4 rings (SSSR count). The molecule has 0 unspecified atom stereocenters. The van der Waals surface area contributed by atoms with Crippen LogP contribution in [0.5, 0.6) is 5.75 Å². The van der Waals surface area contributed by atoms with Crippen molar-refractivity contribution in [2.45, 2.75) is 33.3 Å². The van der Waals surface area contributed by atoms with Gasteiger partial charge < -0.3 is 19.5 Å². The maximum Gasteiger partial charge on any atom is 0.255 e. The number of rotatable bonds is 6. The van der Waals surface area contributed by atoms with Crippen molar-refractivity contribution >= 4 is 22.6 Å². The number of fused-ring (bicyclic) bond motifs is 1. The SMILES string of the molecule is Cc1noc(C)c1COc1cc2ccccc2cc1C(=O)NCC(=O)N1CCCC1. The summed E-state index contributed by atoms with van der Waals surface area (Å²) in [5, 5.41) is 8.60. The maximum atomic E-state index is 12.9. The van der Waals surface area contributed by atoms with Gasteiger partial charge in [-0.3, -0.25) is 9.59 Å². The summed E-state index contributed by atoms with van der Waals surface area (Å²) in [6.07, 6.45) is 2.04. The molecule has 0 radical (unpaired) electrons. The molecule has 2 heterocycles. The Hall–Kier alpha value is -3.35. The summed E-state index contributed by atoms with van der Waals surface area (Å²) in [7, 11) is 0. The van der Waals surface area contributed by atoms with Crippen LogP contribution in [0.2, 0.25) is 0 Å². The zero-order valence-corrected chi connectivity index (χ0v) is 17.2. The largest absolute Gasteiger partial charge is 0.488 e. The van der Waals surface area contributed by atoms with E-state index in [1.807, 2.05) is 44.2 Å². The van der Waals surface area contributed by atoms with E-state index in [4.69, 9.17) is 9.26 Å². The van der Waals surface area contributed by atoms with E-state index in [0.717, 1.165) is 48.0 Å². The van der Waals surface area contributed by atoms with Crippen LogP contribution in [0.1, 0.15) is 40.2 Å². The van der Waals surface area contributed by atoms with Gasteiger partial charge in [0.15, 0.2) is 0 Å². The Morgan fingerprint density at radius 1 is 1.13 bits per heavy atom. The molecule has 3 aromatic rings. The first-order valence-electron chi connectivity index (χ1n) is 10.2. The lowest BCUT2D eigenvalue weighted by molar-refractivity contribution is -0.129. The molecular formula is C23H25N3O4. The van der Waals surface area contributed by atoms with Crippen molar-refractivity contribution in [3.8, 4) is 5.75 Å². The minimum absolute atomic E-state index is 0.0189. The smallest absolute Gasteiger partial charge is 0.255 e. The number of nitrogens with one attached hydrogen (secondary N) is 1. The number of nitrogens with zero attached hydrogens (tertiary/aromatic N) is 2. The summed E-state index contributed by atoms with van der Waals surface area (Å²) in [4.78, 5) is 27.0. The Morgan fingerprint density at radius 2 is 1.83 bits per heavy atom. The second-order valence-corrected chi connectivity index (χ2v) is 7.56. The minimum Gasteiger partial charge on any atom is -0.488 e. The van der Waals surface area contributed by atoms with E-state index >= 15 is 0 Å². The number of hydrogen-bond donors (Lipinski definition) is 1. The van der Waals surface area contributed by atoms with Gasteiger partial charge in [0.2, 0.25) is 5.91 Å². The molecule has 0 aliphatic carbocycles. The highest BCUT2D eigenvalue weighted by atomic mass is 16.5. The standard InChI is InChI=1S/C23H25N3O4/c1-15-20(16(2)30-25-15)14-29-21-12-18-8-4-3-7-17(18)11-19(21)23(28)24-13-22(27)26-9-5-6-10-26/h3-4,7-8,11-12H,5-6,9-10,13-14H2,1-2H3,(H,24,28). The number of ether oxygens (including phenoxy) is 1. The van der Waals surface area contributed by atoms with Crippen LogP contribution in [0.4, 0.5) is 0 Å². The van der Waals surface area contributed by atoms with Crippen LogP contribution in [0.3, 0.4) is 0 Å². The van der Waals surface area contributed by atoms with E-state index in [1.54, 1.807) is 11.0 Å². The van der Waals surface area contributed by atoms with Gasteiger partial charge in [0.1, 0.15) is 18.1 Å². The average Bonchev–Trinajstić information content (AvgIpc) is 3.40. The summed E-state index contributed by atoms with van der Waals surface area (Å²) < 4.78 is 11.2. The highest BCUT2D eigenvalue weighted by molar-refractivity contribution is 6.02. The van der Waals surface area contributed by atoms with Crippen molar-refractivity contribution in [2.75, 3.05) is 19.6 Å². The van der Waals surface area contributed by atoms with Gasteiger partial charge in [-0.25, -0.2) is 0 Å². The lowest BCUT2D eigenvalue weighted by atomic mass is 10.1. The van der Waals surface area contributed by atoms with Crippen LogP contribution in [0.15, 0.2) is 40.9 Å². The molecule has 1 aromatic heterocycles. The summed E-state index contributed by atoms with van der Waals surface area (Å²) >= 11 is 0. The van der Waals surface area contributed by atoms with Gasteiger partial charge in [0, 0.05) is 13.1 Å². The molecule has 2 aromatic carbocycles.